The van der Waals surface area contributed by atoms with Crippen LogP contribution in [0.2, 0.25) is 0 Å². The number of hydrogen-bond donors (Lipinski definition) is 0. The predicted octanol–water partition coefficient (Wildman–Crippen LogP) is 5.56. The molecule has 1 atom stereocenters. The first-order valence-corrected chi connectivity index (χ1v) is 10.6. The first-order chi connectivity index (χ1) is 12.8. The van der Waals surface area contributed by atoms with Crippen molar-refractivity contribution in [2.45, 2.75) is 31.8 Å². The van der Waals surface area contributed by atoms with Crippen LogP contribution in [0.5, 0.6) is 0 Å². The number of likely N-dealkylation sites (tertiary alicyclic amines) is 1. The van der Waals surface area contributed by atoms with E-state index in [-0.39, 0.29) is 0 Å². The Kier molecular flexibility index (Phi) is 5.68. The van der Waals surface area contributed by atoms with Gasteiger partial charge in [0.1, 0.15) is 0 Å². The van der Waals surface area contributed by atoms with Crippen LogP contribution in [-0.4, -0.2) is 36.5 Å². The van der Waals surface area contributed by atoms with E-state index in [9.17, 15) is 0 Å². The van der Waals surface area contributed by atoms with Crippen LogP contribution in [0.3, 0.4) is 0 Å². The molecule has 4 rings (SSSR count). The fraction of sp³-hybridized carbons (Fsp3) is 0.391. The first-order valence-electron chi connectivity index (χ1n) is 9.74. The molecule has 136 valence electrons. The van der Waals surface area contributed by atoms with E-state index in [2.05, 4.69) is 77.5 Å². The van der Waals surface area contributed by atoms with Crippen LogP contribution in [0.15, 0.2) is 60.7 Å². The van der Waals surface area contributed by atoms with E-state index in [1.54, 1.807) is 4.88 Å². The summed E-state index contributed by atoms with van der Waals surface area (Å²) < 4.78 is 1.42. The Hall–Kier alpha value is -1.68. The molecule has 0 amide bonds. The Bertz CT molecular complexity index is 787. The molecule has 2 aromatic carbocycles. The third kappa shape index (κ3) is 4.17. The molecule has 0 bridgehead atoms. The van der Waals surface area contributed by atoms with Gasteiger partial charge in [-0.15, -0.1) is 11.3 Å². The minimum atomic E-state index is 0.563. The zero-order valence-corrected chi connectivity index (χ0v) is 16.4. The van der Waals surface area contributed by atoms with Crippen LogP contribution < -0.4 is 0 Å². The number of rotatable bonds is 7. The quantitative estimate of drug-likeness (QED) is 0.541. The third-order valence-corrected chi connectivity index (χ3v) is 6.65. The van der Waals surface area contributed by atoms with Gasteiger partial charge >= 0.3 is 0 Å². The highest BCUT2D eigenvalue weighted by molar-refractivity contribution is 7.19. The molecule has 0 saturated carbocycles. The molecule has 26 heavy (non-hydrogen) atoms. The van der Waals surface area contributed by atoms with E-state index in [0.717, 1.165) is 13.1 Å². The second-order valence-electron chi connectivity index (χ2n) is 7.46. The molecule has 1 saturated heterocycles. The smallest absolute Gasteiger partial charge is 0.0454 e. The van der Waals surface area contributed by atoms with Crippen molar-refractivity contribution < 1.29 is 0 Å². The molecule has 1 fully saturated rings. The molecule has 3 heteroatoms. The summed E-state index contributed by atoms with van der Waals surface area (Å²) in [6.45, 7) is 4.66. The van der Waals surface area contributed by atoms with Crippen molar-refractivity contribution in [1.29, 1.82) is 0 Å². The van der Waals surface area contributed by atoms with E-state index in [4.69, 9.17) is 0 Å². The summed E-state index contributed by atoms with van der Waals surface area (Å²) in [5, 5.41) is 1.40. The average molecular weight is 365 g/mol. The summed E-state index contributed by atoms with van der Waals surface area (Å²) >= 11 is 1.99. The number of fused-ring (bicyclic) bond motifs is 1. The SMILES string of the molecule is CN(CCC(c1cc2ccccc2s1)N1CCCC1)Cc1ccccc1. The van der Waals surface area contributed by atoms with E-state index < -0.39 is 0 Å². The fourth-order valence-corrected chi connectivity index (χ4v) is 5.28. The third-order valence-electron chi connectivity index (χ3n) is 5.43. The van der Waals surface area contributed by atoms with Crippen LogP contribution in [0.25, 0.3) is 10.1 Å². The summed E-state index contributed by atoms with van der Waals surface area (Å²) in [7, 11) is 2.25. The molecule has 1 aliphatic heterocycles. The number of nitrogens with zero attached hydrogens (tertiary/aromatic N) is 2. The van der Waals surface area contributed by atoms with Crippen molar-refractivity contribution in [2.75, 3.05) is 26.7 Å². The number of thiophene rings is 1. The van der Waals surface area contributed by atoms with Gasteiger partial charge in [-0.25, -0.2) is 0 Å². The molecule has 0 aliphatic carbocycles. The van der Waals surface area contributed by atoms with Crippen molar-refractivity contribution in [3.05, 3.63) is 71.1 Å². The maximum atomic E-state index is 2.71. The Morgan fingerprint density at radius 2 is 1.73 bits per heavy atom. The maximum absolute atomic E-state index is 2.71. The molecule has 1 aliphatic rings. The Labute approximate surface area is 161 Å². The lowest BCUT2D eigenvalue weighted by Crippen LogP contribution is -2.29. The van der Waals surface area contributed by atoms with Crippen molar-refractivity contribution >= 4 is 21.4 Å². The summed E-state index contributed by atoms with van der Waals surface area (Å²) in [5.41, 5.74) is 1.40. The van der Waals surface area contributed by atoms with Crippen LogP contribution >= 0.6 is 11.3 Å². The normalized spacial score (nSPS) is 16.5. The molecule has 0 N–H and O–H groups in total. The molecule has 2 nitrogen and oxygen atoms in total. The van der Waals surface area contributed by atoms with Gasteiger partial charge in [-0.2, -0.15) is 0 Å². The fourth-order valence-electron chi connectivity index (χ4n) is 4.04. The van der Waals surface area contributed by atoms with Crippen molar-refractivity contribution in [2.24, 2.45) is 0 Å². The van der Waals surface area contributed by atoms with Crippen LogP contribution in [0, 0.1) is 0 Å². The van der Waals surface area contributed by atoms with E-state index in [1.165, 1.54) is 48.0 Å². The Balaban J connectivity index is 1.46. The van der Waals surface area contributed by atoms with Crippen LogP contribution in [0.1, 0.15) is 35.7 Å². The topological polar surface area (TPSA) is 6.48 Å². The molecule has 0 spiro atoms. The van der Waals surface area contributed by atoms with Gasteiger partial charge in [0.2, 0.25) is 0 Å². The van der Waals surface area contributed by atoms with Gasteiger partial charge in [-0.05, 0) is 62.5 Å². The summed E-state index contributed by atoms with van der Waals surface area (Å²) in [5.74, 6) is 0. The standard InChI is InChI=1S/C23H28N2S/c1-24(18-19-9-3-2-4-10-19)16-13-21(25-14-7-8-15-25)23-17-20-11-5-6-12-22(20)26-23/h2-6,9-12,17,21H,7-8,13-16,18H2,1H3. The minimum absolute atomic E-state index is 0.563. The highest BCUT2D eigenvalue weighted by Gasteiger charge is 2.25. The molecule has 1 aromatic heterocycles. The average Bonchev–Trinajstić information content (AvgIpc) is 3.32. The predicted molar refractivity (Wildman–Crippen MR) is 113 cm³/mol. The Morgan fingerprint density at radius 3 is 2.50 bits per heavy atom. The van der Waals surface area contributed by atoms with Crippen molar-refractivity contribution in [3.8, 4) is 0 Å². The first kappa shape index (κ1) is 17.7. The van der Waals surface area contributed by atoms with E-state index >= 15 is 0 Å². The molecule has 2 heterocycles. The van der Waals surface area contributed by atoms with Gasteiger partial charge in [-0.3, -0.25) is 4.90 Å². The zero-order valence-electron chi connectivity index (χ0n) is 15.6. The number of hydrogen-bond acceptors (Lipinski definition) is 3. The Morgan fingerprint density at radius 1 is 1.00 bits per heavy atom. The zero-order chi connectivity index (χ0) is 17.8. The van der Waals surface area contributed by atoms with Gasteiger partial charge in [0.15, 0.2) is 0 Å². The number of benzene rings is 2. The van der Waals surface area contributed by atoms with Gasteiger partial charge in [0.25, 0.3) is 0 Å². The van der Waals surface area contributed by atoms with E-state index in [1.807, 2.05) is 11.3 Å². The lowest BCUT2D eigenvalue weighted by Gasteiger charge is -2.28. The molecular formula is C23H28N2S. The van der Waals surface area contributed by atoms with Crippen LogP contribution in [0.4, 0.5) is 0 Å². The van der Waals surface area contributed by atoms with Gasteiger partial charge < -0.3 is 4.90 Å². The largest absolute Gasteiger partial charge is 0.302 e. The second-order valence-corrected chi connectivity index (χ2v) is 8.57. The highest BCUT2D eigenvalue weighted by Crippen LogP contribution is 2.36. The summed E-state index contributed by atoms with van der Waals surface area (Å²) in [6.07, 6.45) is 3.90. The monoisotopic (exact) mass is 364 g/mol. The molecular weight excluding hydrogens is 336 g/mol. The van der Waals surface area contributed by atoms with Crippen LogP contribution in [-0.2, 0) is 6.54 Å². The molecule has 3 aromatic rings. The van der Waals surface area contributed by atoms with E-state index in [0.29, 0.717) is 6.04 Å². The minimum Gasteiger partial charge on any atom is -0.302 e. The maximum Gasteiger partial charge on any atom is 0.0454 e. The van der Waals surface area contributed by atoms with Gasteiger partial charge in [0.05, 0.1) is 0 Å². The molecule has 0 radical (unpaired) electrons. The highest BCUT2D eigenvalue weighted by atomic mass is 32.1. The summed E-state index contributed by atoms with van der Waals surface area (Å²) in [4.78, 5) is 6.72. The van der Waals surface area contributed by atoms with Crippen molar-refractivity contribution in [1.82, 2.24) is 9.80 Å². The second kappa shape index (κ2) is 8.34. The molecule has 1 unspecified atom stereocenters. The van der Waals surface area contributed by atoms with Crippen molar-refractivity contribution in [3.63, 3.8) is 0 Å². The van der Waals surface area contributed by atoms with Gasteiger partial charge in [-0.1, -0.05) is 48.5 Å². The summed E-state index contributed by atoms with van der Waals surface area (Å²) in [6, 6.07) is 22.6. The van der Waals surface area contributed by atoms with Gasteiger partial charge in [0, 0.05) is 28.7 Å². The lowest BCUT2D eigenvalue weighted by molar-refractivity contribution is 0.206. The lowest BCUT2D eigenvalue weighted by atomic mass is 10.1.